The standard InChI is InChI=1S/C28H26Cl2N2O6S/c1-14(2)13-37-27(35)24-15(3)31-28-32(25(24)17-9-10-21(38-16(4)33)22(11-17)36-5)26(34)23(39-28)12-18-19(29)7-6-8-20(18)30/h6-12,14,25H,13H2,1-5H3/b23-12+. The average Bonchev–Trinajstić information content (AvgIpc) is 3.18. The number of fused-ring (bicyclic) bond motifs is 1. The van der Waals surface area contributed by atoms with E-state index in [1.807, 2.05) is 13.8 Å². The molecule has 0 saturated carbocycles. The molecule has 3 aromatic rings. The highest BCUT2D eigenvalue weighted by atomic mass is 35.5. The molecule has 0 amide bonds. The molecule has 1 aliphatic rings. The number of rotatable bonds is 7. The van der Waals surface area contributed by atoms with Crippen LogP contribution in [-0.2, 0) is 14.3 Å². The van der Waals surface area contributed by atoms with Crippen LogP contribution >= 0.6 is 34.5 Å². The van der Waals surface area contributed by atoms with Crippen LogP contribution in [0.4, 0.5) is 0 Å². The molecule has 1 aliphatic heterocycles. The first-order valence-corrected chi connectivity index (χ1v) is 13.6. The van der Waals surface area contributed by atoms with Gasteiger partial charge in [0, 0.05) is 22.5 Å². The van der Waals surface area contributed by atoms with Gasteiger partial charge in [-0.05, 0) is 48.7 Å². The third kappa shape index (κ3) is 5.95. The van der Waals surface area contributed by atoms with Crippen molar-refractivity contribution >= 4 is 52.6 Å². The number of thiazole rings is 1. The van der Waals surface area contributed by atoms with Crippen LogP contribution in [0.25, 0.3) is 6.08 Å². The zero-order valence-corrected chi connectivity index (χ0v) is 24.2. The molecule has 0 radical (unpaired) electrons. The summed E-state index contributed by atoms with van der Waals surface area (Å²) in [6.45, 7) is 7.04. The average molecular weight is 589 g/mol. The molecule has 0 bridgehead atoms. The van der Waals surface area contributed by atoms with Gasteiger partial charge in [0.2, 0.25) is 0 Å². The number of allylic oxidation sites excluding steroid dienone is 1. The van der Waals surface area contributed by atoms with Gasteiger partial charge in [0.05, 0.1) is 35.6 Å². The normalized spacial score (nSPS) is 15.2. The second-order valence-electron chi connectivity index (χ2n) is 9.21. The molecule has 1 aromatic heterocycles. The van der Waals surface area contributed by atoms with Crippen LogP contribution in [0.15, 0.2) is 57.5 Å². The number of halogens is 2. The predicted octanol–water partition coefficient (Wildman–Crippen LogP) is 4.68. The summed E-state index contributed by atoms with van der Waals surface area (Å²) >= 11 is 13.9. The Morgan fingerprint density at radius 2 is 1.85 bits per heavy atom. The number of aromatic nitrogens is 1. The van der Waals surface area contributed by atoms with Crippen molar-refractivity contribution in [3.05, 3.63) is 88.5 Å². The predicted molar refractivity (Wildman–Crippen MR) is 150 cm³/mol. The summed E-state index contributed by atoms with van der Waals surface area (Å²) < 4.78 is 18.1. The van der Waals surface area contributed by atoms with Crippen molar-refractivity contribution in [2.24, 2.45) is 10.9 Å². The van der Waals surface area contributed by atoms with Gasteiger partial charge in [0.25, 0.3) is 5.56 Å². The smallest absolute Gasteiger partial charge is 0.338 e. The van der Waals surface area contributed by atoms with Crippen LogP contribution in [0.5, 0.6) is 11.5 Å². The van der Waals surface area contributed by atoms with Gasteiger partial charge in [-0.3, -0.25) is 14.2 Å². The van der Waals surface area contributed by atoms with E-state index in [9.17, 15) is 14.4 Å². The Kier molecular flexibility index (Phi) is 8.64. The lowest BCUT2D eigenvalue weighted by molar-refractivity contribution is -0.140. The van der Waals surface area contributed by atoms with E-state index in [0.29, 0.717) is 36.2 Å². The molecule has 39 heavy (non-hydrogen) atoms. The van der Waals surface area contributed by atoms with E-state index in [1.54, 1.807) is 49.4 Å². The molecule has 0 saturated heterocycles. The largest absolute Gasteiger partial charge is 0.493 e. The van der Waals surface area contributed by atoms with E-state index in [0.717, 1.165) is 11.3 Å². The van der Waals surface area contributed by atoms with E-state index in [1.165, 1.54) is 18.6 Å². The maximum Gasteiger partial charge on any atom is 0.338 e. The Labute approximate surface area is 238 Å². The number of methoxy groups -OCH3 is 1. The molecule has 0 fully saturated rings. The first kappa shape index (κ1) is 28.6. The number of hydrogen-bond acceptors (Lipinski definition) is 8. The van der Waals surface area contributed by atoms with Crippen molar-refractivity contribution in [3.63, 3.8) is 0 Å². The zero-order chi connectivity index (χ0) is 28.4. The summed E-state index contributed by atoms with van der Waals surface area (Å²) in [4.78, 5) is 43.8. The molecule has 8 nitrogen and oxygen atoms in total. The molecule has 204 valence electrons. The van der Waals surface area contributed by atoms with Gasteiger partial charge in [-0.2, -0.15) is 0 Å². The third-order valence-corrected chi connectivity index (χ3v) is 7.46. The maximum absolute atomic E-state index is 13.9. The van der Waals surface area contributed by atoms with Gasteiger partial charge >= 0.3 is 11.9 Å². The second-order valence-corrected chi connectivity index (χ2v) is 11.0. The Hall–Kier alpha value is -3.40. The fourth-order valence-corrected chi connectivity index (χ4v) is 5.63. The lowest BCUT2D eigenvalue weighted by Crippen LogP contribution is -2.40. The zero-order valence-electron chi connectivity index (χ0n) is 21.9. The molecule has 1 atom stereocenters. The molecule has 4 rings (SSSR count). The number of nitrogens with zero attached hydrogens (tertiary/aromatic N) is 2. The molecule has 1 unspecified atom stereocenters. The molecule has 2 heterocycles. The van der Waals surface area contributed by atoms with Crippen LogP contribution in [-0.4, -0.2) is 30.2 Å². The van der Waals surface area contributed by atoms with Gasteiger partial charge < -0.3 is 14.2 Å². The minimum Gasteiger partial charge on any atom is -0.493 e. The number of ether oxygens (including phenoxy) is 3. The van der Waals surface area contributed by atoms with Crippen LogP contribution < -0.4 is 24.4 Å². The fraction of sp³-hybridized carbons (Fsp3) is 0.286. The van der Waals surface area contributed by atoms with Crippen LogP contribution in [0.2, 0.25) is 10.0 Å². The van der Waals surface area contributed by atoms with E-state index < -0.39 is 18.0 Å². The van der Waals surface area contributed by atoms with Gasteiger partial charge in [0.1, 0.15) is 0 Å². The summed E-state index contributed by atoms with van der Waals surface area (Å²) in [6, 6.07) is 9.05. The van der Waals surface area contributed by atoms with Gasteiger partial charge in [-0.25, -0.2) is 9.79 Å². The molecule has 0 N–H and O–H groups in total. The van der Waals surface area contributed by atoms with Gasteiger partial charge in [0.15, 0.2) is 16.3 Å². The first-order chi connectivity index (χ1) is 18.5. The molecule has 0 spiro atoms. The minimum atomic E-state index is -0.884. The van der Waals surface area contributed by atoms with Crippen LogP contribution in [0, 0.1) is 5.92 Å². The molecule has 11 heteroatoms. The van der Waals surface area contributed by atoms with E-state index in [2.05, 4.69) is 4.99 Å². The van der Waals surface area contributed by atoms with Crippen molar-refractivity contribution in [2.75, 3.05) is 13.7 Å². The number of esters is 2. The van der Waals surface area contributed by atoms with Crippen LogP contribution in [0.3, 0.4) is 0 Å². The number of hydrogen-bond donors (Lipinski definition) is 0. The summed E-state index contributed by atoms with van der Waals surface area (Å²) in [5, 5.41) is 0.787. The summed E-state index contributed by atoms with van der Waals surface area (Å²) in [5.74, 6) is -0.517. The minimum absolute atomic E-state index is 0.109. The quantitative estimate of drug-likeness (QED) is 0.294. The highest BCUT2D eigenvalue weighted by Gasteiger charge is 2.34. The first-order valence-electron chi connectivity index (χ1n) is 12.0. The number of carbonyl (C=O) groups excluding carboxylic acids is 2. The van der Waals surface area contributed by atoms with E-state index in [-0.39, 0.29) is 35.2 Å². The van der Waals surface area contributed by atoms with E-state index >= 15 is 0 Å². The Morgan fingerprint density at radius 1 is 1.15 bits per heavy atom. The van der Waals surface area contributed by atoms with Crippen molar-refractivity contribution in [3.8, 4) is 11.5 Å². The topological polar surface area (TPSA) is 96.2 Å². The Balaban J connectivity index is 1.96. The van der Waals surface area contributed by atoms with Crippen molar-refractivity contribution in [2.45, 2.75) is 33.7 Å². The summed E-state index contributed by atoms with van der Waals surface area (Å²) in [5.41, 5.74) is 1.29. The van der Waals surface area contributed by atoms with Crippen molar-refractivity contribution in [1.82, 2.24) is 4.57 Å². The van der Waals surface area contributed by atoms with Gasteiger partial charge in [-0.15, -0.1) is 0 Å². The van der Waals surface area contributed by atoms with Crippen molar-refractivity contribution in [1.29, 1.82) is 0 Å². The molecule has 0 aliphatic carbocycles. The second kappa shape index (κ2) is 11.8. The lowest BCUT2D eigenvalue weighted by atomic mass is 9.95. The summed E-state index contributed by atoms with van der Waals surface area (Å²) in [7, 11) is 1.43. The van der Waals surface area contributed by atoms with Gasteiger partial charge in [-0.1, -0.05) is 60.5 Å². The number of carbonyl (C=O) groups is 2. The maximum atomic E-state index is 13.9. The monoisotopic (exact) mass is 588 g/mol. The lowest BCUT2D eigenvalue weighted by Gasteiger charge is -2.25. The highest BCUT2D eigenvalue weighted by molar-refractivity contribution is 7.07. The molecular weight excluding hydrogens is 563 g/mol. The molecule has 2 aromatic carbocycles. The third-order valence-electron chi connectivity index (χ3n) is 5.82. The Bertz CT molecular complexity index is 1650. The highest BCUT2D eigenvalue weighted by Crippen LogP contribution is 2.36. The SMILES string of the molecule is COc1cc(C2C(C(=O)OCC(C)C)=C(C)N=c3s/c(=C/c4c(Cl)cccc4Cl)c(=O)n32)ccc1OC(C)=O. The summed E-state index contributed by atoms with van der Waals surface area (Å²) in [6.07, 6.45) is 1.62. The molecular formula is C28H26Cl2N2O6S. The van der Waals surface area contributed by atoms with Crippen LogP contribution in [0.1, 0.15) is 44.9 Å². The fourth-order valence-electron chi connectivity index (χ4n) is 4.09. The number of benzene rings is 2. The van der Waals surface area contributed by atoms with Crippen molar-refractivity contribution < 1.29 is 23.8 Å². The van der Waals surface area contributed by atoms with E-state index in [4.69, 9.17) is 37.4 Å². The Morgan fingerprint density at radius 3 is 2.46 bits per heavy atom.